The van der Waals surface area contributed by atoms with E-state index in [0.29, 0.717) is 0 Å². The van der Waals surface area contributed by atoms with Gasteiger partial charge in [0.05, 0.1) is 6.20 Å². The van der Waals surface area contributed by atoms with Crippen LogP contribution in [0.1, 0.15) is 10.8 Å². The van der Waals surface area contributed by atoms with Gasteiger partial charge in [-0.25, -0.2) is 9.97 Å². The van der Waals surface area contributed by atoms with E-state index < -0.39 is 0 Å². The van der Waals surface area contributed by atoms with E-state index in [1.165, 1.54) is 17.7 Å². The minimum Gasteiger partial charge on any atom is -0.310 e. The first-order chi connectivity index (χ1) is 7.34. The Kier molecular flexibility index (Phi) is 3.65. The molecule has 0 fully saturated rings. The van der Waals surface area contributed by atoms with Gasteiger partial charge in [0.25, 0.3) is 0 Å². The molecule has 0 aliphatic carbocycles. The van der Waals surface area contributed by atoms with Crippen LogP contribution in [0.15, 0.2) is 12.5 Å². The van der Waals surface area contributed by atoms with Crippen molar-refractivity contribution in [1.29, 1.82) is 0 Å². The van der Waals surface area contributed by atoms with Gasteiger partial charge in [-0.15, -0.1) is 11.3 Å². The second-order valence-corrected chi connectivity index (χ2v) is 4.66. The standard InChI is InChI=1S/C8H10ClN5S/c9-6-3-11-8(15-6)4-10-2-1-7-12-5-13-14-7/h3,5,10H,1-2,4H2,(H,12,13,14). The van der Waals surface area contributed by atoms with Crippen LogP contribution in [0.2, 0.25) is 4.34 Å². The highest BCUT2D eigenvalue weighted by Crippen LogP contribution is 2.17. The van der Waals surface area contributed by atoms with Gasteiger partial charge in [0.1, 0.15) is 21.5 Å². The molecule has 2 rings (SSSR count). The lowest BCUT2D eigenvalue weighted by Crippen LogP contribution is -2.17. The molecule has 0 bridgehead atoms. The largest absolute Gasteiger partial charge is 0.310 e. The predicted molar refractivity (Wildman–Crippen MR) is 58.9 cm³/mol. The van der Waals surface area contributed by atoms with Crippen molar-refractivity contribution in [2.45, 2.75) is 13.0 Å². The summed E-state index contributed by atoms with van der Waals surface area (Å²) in [4.78, 5) is 8.16. The van der Waals surface area contributed by atoms with Crippen LogP contribution in [0.3, 0.4) is 0 Å². The van der Waals surface area contributed by atoms with E-state index in [-0.39, 0.29) is 0 Å². The molecular formula is C8H10ClN5S. The van der Waals surface area contributed by atoms with Gasteiger partial charge in [0.15, 0.2) is 0 Å². The van der Waals surface area contributed by atoms with Gasteiger partial charge in [-0.3, -0.25) is 5.10 Å². The second-order valence-electron chi connectivity index (χ2n) is 2.92. The van der Waals surface area contributed by atoms with Gasteiger partial charge in [0, 0.05) is 19.5 Å². The van der Waals surface area contributed by atoms with Gasteiger partial charge in [-0.05, 0) is 0 Å². The van der Waals surface area contributed by atoms with Crippen molar-refractivity contribution >= 4 is 22.9 Å². The maximum absolute atomic E-state index is 5.76. The van der Waals surface area contributed by atoms with Gasteiger partial charge in [0.2, 0.25) is 0 Å². The molecule has 2 N–H and O–H groups in total. The number of hydrogen-bond donors (Lipinski definition) is 2. The SMILES string of the molecule is Clc1cnc(CNCCc2ncn[nH]2)s1. The van der Waals surface area contributed by atoms with E-state index in [9.17, 15) is 0 Å². The molecule has 0 aliphatic rings. The third kappa shape index (κ3) is 3.26. The highest BCUT2D eigenvalue weighted by atomic mass is 35.5. The smallest absolute Gasteiger partial charge is 0.137 e. The molecule has 0 aliphatic heterocycles. The molecule has 5 nitrogen and oxygen atoms in total. The molecule has 0 aromatic carbocycles. The number of halogens is 1. The van der Waals surface area contributed by atoms with Crippen molar-refractivity contribution in [1.82, 2.24) is 25.5 Å². The summed E-state index contributed by atoms with van der Waals surface area (Å²) in [6.07, 6.45) is 4.01. The number of nitrogens with one attached hydrogen (secondary N) is 2. The Bertz CT molecular complexity index is 399. The van der Waals surface area contributed by atoms with Crippen LogP contribution in [0.5, 0.6) is 0 Å². The third-order valence-electron chi connectivity index (χ3n) is 1.81. The topological polar surface area (TPSA) is 66.5 Å². The Balaban J connectivity index is 1.67. The fourth-order valence-corrected chi connectivity index (χ4v) is 2.05. The number of aromatic nitrogens is 4. The summed E-state index contributed by atoms with van der Waals surface area (Å²) in [6, 6.07) is 0. The zero-order valence-electron chi connectivity index (χ0n) is 7.90. The van der Waals surface area contributed by atoms with Crippen molar-refractivity contribution < 1.29 is 0 Å². The van der Waals surface area contributed by atoms with E-state index in [0.717, 1.165) is 34.7 Å². The molecule has 0 saturated carbocycles. The normalized spacial score (nSPS) is 10.7. The zero-order chi connectivity index (χ0) is 10.5. The molecule has 7 heteroatoms. The first-order valence-corrected chi connectivity index (χ1v) is 5.69. The fourth-order valence-electron chi connectivity index (χ4n) is 1.12. The Morgan fingerprint density at radius 1 is 1.47 bits per heavy atom. The Morgan fingerprint density at radius 3 is 3.07 bits per heavy atom. The average Bonchev–Trinajstić information content (AvgIpc) is 2.84. The minimum absolute atomic E-state index is 0.724. The van der Waals surface area contributed by atoms with Crippen molar-refractivity contribution in [3.8, 4) is 0 Å². The lowest BCUT2D eigenvalue weighted by Gasteiger charge is -1.99. The van der Waals surface area contributed by atoms with Crippen LogP contribution < -0.4 is 5.32 Å². The molecule has 15 heavy (non-hydrogen) atoms. The van der Waals surface area contributed by atoms with Crippen LogP contribution in [0.4, 0.5) is 0 Å². The van der Waals surface area contributed by atoms with E-state index in [2.05, 4.69) is 25.5 Å². The number of hydrogen-bond acceptors (Lipinski definition) is 5. The summed E-state index contributed by atoms with van der Waals surface area (Å²) in [6.45, 7) is 1.58. The maximum atomic E-state index is 5.76. The van der Waals surface area contributed by atoms with E-state index in [1.807, 2.05) is 0 Å². The Morgan fingerprint density at radius 2 is 2.40 bits per heavy atom. The predicted octanol–water partition coefficient (Wildman–Crippen LogP) is 1.25. The summed E-state index contributed by atoms with van der Waals surface area (Å²) in [5, 5.41) is 10.8. The van der Waals surface area contributed by atoms with Crippen LogP contribution >= 0.6 is 22.9 Å². The van der Waals surface area contributed by atoms with Crippen molar-refractivity contribution in [3.05, 3.63) is 27.7 Å². The fraction of sp³-hybridized carbons (Fsp3) is 0.375. The molecule has 0 amide bonds. The summed E-state index contributed by atoms with van der Waals surface area (Å²) in [7, 11) is 0. The average molecular weight is 244 g/mol. The van der Waals surface area contributed by atoms with Crippen LogP contribution in [-0.2, 0) is 13.0 Å². The summed E-state index contributed by atoms with van der Waals surface area (Å²) in [5.41, 5.74) is 0. The van der Waals surface area contributed by atoms with Crippen molar-refractivity contribution in [3.63, 3.8) is 0 Å². The molecular weight excluding hydrogens is 234 g/mol. The van der Waals surface area contributed by atoms with Crippen LogP contribution in [0.25, 0.3) is 0 Å². The van der Waals surface area contributed by atoms with Gasteiger partial charge in [-0.2, -0.15) is 5.10 Å². The minimum atomic E-state index is 0.724. The molecule has 0 radical (unpaired) electrons. The van der Waals surface area contributed by atoms with Crippen molar-refractivity contribution in [2.75, 3.05) is 6.54 Å². The summed E-state index contributed by atoms with van der Waals surface area (Å²) < 4.78 is 0.724. The van der Waals surface area contributed by atoms with Crippen LogP contribution in [0, 0.1) is 0 Å². The zero-order valence-corrected chi connectivity index (χ0v) is 9.48. The molecule has 0 saturated heterocycles. The molecule has 0 atom stereocenters. The van der Waals surface area contributed by atoms with Gasteiger partial charge >= 0.3 is 0 Å². The molecule has 2 heterocycles. The van der Waals surface area contributed by atoms with E-state index in [1.54, 1.807) is 6.20 Å². The molecule has 0 unspecified atom stereocenters. The maximum Gasteiger partial charge on any atom is 0.137 e. The highest BCUT2D eigenvalue weighted by molar-refractivity contribution is 7.15. The lowest BCUT2D eigenvalue weighted by atomic mass is 10.4. The lowest BCUT2D eigenvalue weighted by molar-refractivity contribution is 0.669. The first kappa shape index (κ1) is 10.5. The monoisotopic (exact) mass is 243 g/mol. The van der Waals surface area contributed by atoms with E-state index >= 15 is 0 Å². The highest BCUT2D eigenvalue weighted by Gasteiger charge is 1.99. The Hall–Kier alpha value is -0.980. The van der Waals surface area contributed by atoms with Crippen LogP contribution in [-0.4, -0.2) is 26.7 Å². The third-order valence-corrected chi connectivity index (χ3v) is 2.92. The quantitative estimate of drug-likeness (QED) is 0.776. The molecule has 2 aromatic heterocycles. The van der Waals surface area contributed by atoms with Crippen molar-refractivity contribution in [2.24, 2.45) is 0 Å². The summed E-state index contributed by atoms with van der Waals surface area (Å²) in [5.74, 6) is 0.889. The second kappa shape index (κ2) is 5.20. The number of thiazole rings is 1. The van der Waals surface area contributed by atoms with E-state index in [4.69, 9.17) is 11.6 Å². The van der Waals surface area contributed by atoms with Gasteiger partial charge < -0.3 is 5.32 Å². The van der Waals surface area contributed by atoms with Gasteiger partial charge in [-0.1, -0.05) is 11.6 Å². The first-order valence-electron chi connectivity index (χ1n) is 4.50. The molecule has 80 valence electrons. The number of H-pyrrole nitrogens is 1. The summed E-state index contributed by atoms with van der Waals surface area (Å²) >= 11 is 7.25. The number of nitrogens with zero attached hydrogens (tertiary/aromatic N) is 3. The Labute approximate surface area is 95.9 Å². The number of aromatic amines is 1. The molecule has 2 aromatic rings. The molecule has 0 spiro atoms. The number of rotatable bonds is 5.